The molecule has 0 unspecified atom stereocenters. The Labute approximate surface area is 216 Å². The molecule has 0 radical (unpaired) electrons. The summed E-state index contributed by atoms with van der Waals surface area (Å²) in [6.45, 7) is 0.408. The first-order valence-corrected chi connectivity index (χ1v) is 12.0. The number of nitrogens with zero attached hydrogens (tertiary/aromatic N) is 1. The van der Waals surface area contributed by atoms with Crippen LogP contribution in [0, 0.1) is 7.14 Å². The van der Waals surface area contributed by atoms with E-state index in [0.717, 1.165) is 24.0 Å². The topological polar surface area (TPSA) is 47.9 Å². The molecule has 0 saturated carbocycles. The molecule has 156 valence electrons. The average Bonchev–Trinajstić information content (AvgIpc) is 3.08. The van der Waals surface area contributed by atoms with E-state index >= 15 is 0 Å². The summed E-state index contributed by atoms with van der Waals surface area (Å²) >= 11 is 16.7. The standard InChI is InChI=1S/C23H13Cl2I2NO3/c24-15-5-3-4-13(8-15)12-30-21-18(26)9-14(10-19(21)27)11-20-23(29)31-22(28-20)16-6-1-2-7-17(16)25/h1-11H,12H2/b20-11-. The van der Waals surface area contributed by atoms with Gasteiger partial charge in [-0.1, -0.05) is 47.5 Å². The molecule has 3 aromatic rings. The number of rotatable bonds is 5. The summed E-state index contributed by atoms with van der Waals surface area (Å²) in [5.74, 6) is 0.464. The number of hydrogen-bond donors (Lipinski definition) is 0. The number of esters is 1. The lowest BCUT2D eigenvalue weighted by Gasteiger charge is -2.12. The Balaban J connectivity index is 1.57. The maximum Gasteiger partial charge on any atom is 0.363 e. The number of benzene rings is 3. The molecule has 0 aromatic heterocycles. The van der Waals surface area contributed by atoms with E-state index in [1.54, 1.807) is 24.3 Å². The maximum atomic E-state index is 12.3. The zero-order chi connectivity index (χ0) is 22.0. The monoisotopic (exact) mass is 675 g/mol. The van der Waals surface area contributed by atoms with Crippen molar-refractivity contribution in [3.63, 3.8) is 0 Å². The SMILES string of the molecule is O=C1OC(c2ccccc2Cl)=N/C1=C\c1cc(I)c(OCc2cccc(Cl)c2)c(I)c1. The van der Waals surface area contributed by atoms with E-state index in [1.807, 2.05) is 42.5 Å². The average molecular weight is 676 g/mol. The maximum absolute atomic E-state index is 12.3. The summed E-state index contributed by atoms with van der Waals surface area (Å²) in [5.41, 5.74) is 2.60. The fraction of sp³-hybridized carbons (Fsp3) is 0.0435. The van der Waals surface area contributed by atoms with Crippen molar-refractivity contribution in [1.29, 1.82) is 0 Å². The predicted molar refractivity (Wildman–Crippen MR) is 140 cm³/mol. The number of halogens is 4. The van der Waals surface area contributed by atoms with E-state index in [2.05, 4.69) is 50.2 Å². The molecule has 1 heterocycles. The van der Waals surface area contributed by atoms with Crippen LogP contribution in [0.3, 0.4) is 0 Å². The first-order valence-electron chi connectivity index (χ1n) is 9.04. The van der Waals surface area contributed by atoms with Crippen molar-refractivity contribution in [2.45, 2.75) is 6.61 Å². The Morgan fingerprint density at radius 2 is 1.74 bits per heavy atom. The van der Waals surface area contributed by atoms with E-state index in [1.165, 1.54) is 0 Å². The molecule has 0 spiro atoms. The zero-order valence-electron chi connectivity index (χ0n) is 15.7. The first kappa shape index (κ1) is 22.6. The first-order chi connectivity index (χ1) is 14.9. The van der Waals surface area contributed by atoms with Gasteiger partial charge in [0.25, 0.3) is 0 Å². The zero-order valence-corrected chi connectivity index (χ0v) is 21.6. The van der Waals surface area contributed by atoms with Gasteiger partial charge in [0.05, 0.1) is 17.7 Å². The Kier molecular flexibility index (Phi) is 7.20. The van der Waals surface area contributed by atoms with Crippen LogP contribution in [-0.4, -0.2) is 11.9 Å². The van der Waals surface area contributed by atoms with Crippen molar-refractivity contribution >= 4 is 86.3 Å². The van der Waals surface area contributed by atoms with Crippen LogP contribution in [-0.2, 0) is 16.1 Å². The molecule has 1 aliphatic rings. The lowest BCUT2D eigenvalue weighted by atomic mass is 10.2. The van der Waals surface area contributed by atoms with Crippen LogP contribution in [0.1, 0.15) is 16.7 Å². The molecule has 0 bridgehead atoms. The third kappa shape index (κ3) is 5.42. The summed E-state index contributed by atoms with van der Waals surface area (Å²) in [4.78, 5) is 16.6. The second-order valence-corrected chi connectivity index (χ2v) is 9.72. The predicted octanol–water partition coefficient (Wildman–Crippen LogP) is 7.13. The van der Waals surface area contributed by atoms with Crippen molar-refractivity contribution < 1.29 is 14.3 Å². The molecule has 0 fully saturated rings. The molecule has 0 N–H and O–H groups in total. The molecule has 0 aliphatic carbocycles. The summed E-state index contributed by atoms with van der Waals surface area (Å²) in [5, 5.41) is 1.15. The third-order valence-corrected chi connectivity index (χ3v) is 6.49. The minimum Gasteiger partial charge on any atom is -0.487 e. The Bertz CT molecular complexity index is 1220. The molecule has 3 aromatic carbocycles. The van der Waals surface area contributed by atoms with Crippen LogP contribution in [0.2, 0.25) is 10.0 Å². The van der Waals surface area contributed by atoms with Gasteiger partial charge in [-0.3, -0.25) is 0 Å². The van der Waals surface area contributed by atoms with Crippen molar-refractivity contribution in [1.82, 2.24) is 0 Å². The van der Waals surface area contributed by atoms with Gasteiger partial charge in [0, 0.05) is 5.02 Å². The highest BCUT2D eigenvalue weighted by atomic mass is 127. The van der Waals surface area contributed by atoms with Gasteiger partial charge in [-0.15, -0.1) is 0 Å². The van der Waals surface area contributed by atoms with Crippen LogP contribution >= 0.6 is 68.4 Å². The Morgan fingerprint density at radius 1 is 1.00 bits per heavy atom. The number of cyclic esters (lactones) is 1. The van der Waals surface area contributed by atoms with Gasteiger partial charge in [0.1, 0.15) is 12.4 Å². The summed E-state index contributed by atoms with van der Waals surface area (Å²) in [7, 11) is 0. The summed E-state index contributed by atoms with van der Waals surface area (Å²) in [6, 6.07) is 18.5. The fourth-order valence-corrected chi connectivity index (χ4v) is 5.46. The molecular weight excluding hydrogens is 663 g/mol. The molecule has 0 amide bonds. The molecular formula is C23H13Cl2I2NO3. The molecule has 0 saturated heterocycles. The van der Waals surface area contributed by atoms with E-state index < -0.39 is 5.97 Å². The highest BCUT2D eigenvalue weighted by molar-refractivity contribution is 14.1. The van der Waals surface area contributed by atoms with Crippen molar-refractivity contribution in [3.8, 4) is 5.75 Å². The van der Waals surface area contributed by atoms with E-state index in [4.69, 9.17) is 32.7 Å². The van der Waals surface area contributed by atoms with Crippen LogP contribution in [0.25, 0.3) is 6.08 Å². The molecule has 4 nitrogen and oxygen atoms in total. The van der Waals surface area contributed by atoms with Gasteiger partial charge in [-0.05, 0) is 98.8 Å². The van der Waals surface area contributed by atoms with Gasteiger partial charge >= 0.3 is 5.97 Å². The summed E-state index contributed by atoms with van der Waals surface area (Å²) < 4.78 is 13.2. The molecule has 1 aliphatic heterocycles. The second kappa shape index (κ2) is 9.89. The minimum absolute atomic E-state index is 0.202. The van der Waals surface area contributed by atoms with Gasteiger partial charge < -0.3 is 9.47 Å². The number of aliphatic imine (C=N–C) groups is 1. The van der Waals surface area contributed by atoms with Gasteiger partial charge in [0.2, 0.25) is 5.90 Å². The van der Waals surface area contributed by atoms with Crippen LogP contribution in [0.4, 0.5) is 0 Å². The third-order valence-electron chi connectivity index (χ3n) is 4.32. The van der Waals surface area contributed by atoms with E-state index in [0.29, 0.717) is 22.2 Å². The van der Waals surface area contributed by atoms with E-state index in [9.17, 15) is 4.79 Å². The highest BCUT2D eigenvalue weighted by Gasteiger charge is 2.25. The minimum atomic E-state index is -0.513. The summed E-state index contributed by atoms with van der Waals surface area (Å²) in [6.07, 6.45) is 1.69. The molecule has 4 rings (SSSR count). The number of ether oxygens (including phenoxy) is 2. The Morgan fingerprint density at radius 3 is 2.45 bits per heavy atom. The molecule has 0 atom stereocenters. The number of hydrogen-bond acceptors (Lipinski definition) is 4. The van der Waals surface area contributed by atoms with Crippen LogP contribution in [0.5, 0.6) is 5.75 Å². The van der Waals surface area contributed by atoms with Crippen LogP contribution in [0.15, 0.2) is 71.4 Å². The van der Waals surface area contributed by atoms with E-state index in [-0.39, 0.29) is 11.6 Å². The quantitative estimate of drug-likeness (QED) is 0.164. The second-order valence-electron chi connectivity index (χ2n) is 6.55. The highest BCUT2D eigenvalue weighted by Crippen LogP contribution is 2.31. The van der Waals surface area contributed by atoms with Gasteiger partial charge in [-0.2, -0.15) is 0 Å². The number of carbonyl (C=O) groups excluding carboxylic acids is 1. The fourth-order valence-electron chi connectivity index (χ4n) is 2.90. The van der Waals surface area contributed by atoms with Crippen molar-refractivity contribution in [2.24, 2.45) is 4.99 Å². The smallest absolute Gasteiger partial charge is 0.363 e. The molecule has 8 heteroatoms. The van der Waals surface area contributed by atoms with Gasteiger partial charge in [-0.25, -0.2) is 9.79 Å². The van der Waals surface area contributed by atoms with Gasteiger partial charge in [0.15, 0.2) is 5.70 Å². The normalized spacial score (nSPS) is 14.5. The Hall–Kier alpha value is -1.62. The lowest BCUT2D eigenvalue weighted by Crippen LogP contribution is -2.05. The number of carbonyl (C=O) groups is 1. The van der Waals surface area contributed by atoms with Crippen molar-refractivity contribution in [2.75, 3.05) is 0 Å². The lowest BCUT2D eigenvalue weighted by molar-refractivity contribution is -0.129. The van der Waals surface area contributed by atoms with Crippen LogP contribution < -0.4 is 4.74 Å². The molecule has 31 heavy (non-hydrogen) atoms. The largest absolute Gasteiger partial charge is 0.487 e. The van der Waals surface area contributed by atoms with Crippen molar-refractivity contribution in [3.05, 3.63) is 100 Å².